The van der Waals surface area contributed by atoms with Crippen LogP contribution >= 0.6 is 39.1 Å². The average molecular weight is 256 g/mol. The first-order valence-corrected chi connectivity index (χ1v) is 4.39. The van der Waals surface area contributed by atoms with Crippen LogP contribution in [0.3, 0.4) is 0 Å². The molecule has 0 fully saturated rings. The van der Waals surface area contributed by atoms with Crippen molar-refractivity contribution in [2.24, 2.45) is 0 Å². The van der Waals surface area contributed by atoms with Gasteiger partial charge in [-0.2, -0.15) is 0 Å². The van der Waals surface area contributed by atoms with Crippen molar-refractivity contribution < 1.29 is 4.74 Å². The second-order valence-electron chi connectivity index (χ2n) is 1.88. The van der Waals surface area contributed by atoms with Crippen LogP contribution in [-0.2, 0) is 0 Å². The molecule has 0 amide bonds. The maximum atomic E-state index is 5.84. The SMILES string of the molecule is COc1c(Cl)ccc(Br)c1Cl. The van der Waals surface area contributed by atoms with Gasteiger partial charge in [0.1, 0.15) is 0 Å². The molecule has 0 aliphatic rings. The number of hydrogen-bond donors (Lipinski definition) is 0. The summed E-state index contributed by atoms with van der Waals surface area (Å²) in [5, 5.41) is 1.01. The standard InChI is InChI=1S/C7H5BrCl2O/c1-11-7-5(9)3-2-4(8)6(7)10/h2-3H,1H3. The van der Waals surface area contributed by atoms with E-state index in [-0.39, 0.29) is 0 Å². The summed E-state index contributed by atoms with van der Waals surface area (Å²) in [6.07, 6.45) is 0. The molecule has 0 spiro atoms. The maximum absolute atomic E-state index is 5.84. The highest BCUT2D eigenvalue weighted by Gasteiger charge is 2.08. The van der Waals surface area contributed by atoms with Crippen molar-refractivity contribution in [2.45, 2.75) is 0 Å². The largest absolute Gasteiger partial charge is 0.494 e. The zero-order chi connectivity index (χ0) is 8.43. The Balaban J connectivity index is 3.29. The van der Waals surface area contributed by atoms with Gasteiger partial charge < -0.3 is 4.74 Å². The third-order valence-corrected chi connectivity index (χ3v) is 2.77. The molecule has 0 aliphatic heterocycles. The quantitative estimate of drug-likeness (QED) is 0.695. The van der Waals surface area contributed by atoms with Gasteiger partial charge >= 0.3 is 0 Å². The molecular weight excluding hydrogens is 251 g/mol. The molecule has 1 rings (SSSR count). The zero-order valence-corrected chi connectivity index (χ0v) is 8.79. The Bertz CT molecular complexity index is 275. The summed E-state index contributed by atoms with van der Waals surface area (Å²) < 4.78 is 5.74. The van der Waals surface area contributed by atoms with Crippen LogP contribution in [0.1, 0.15) is 0 Å². The van der Waals surface area contributed by atoms with Crippen molar-refractivity contribution in [3.8, 4) is 5.75 Å². The van der Waals surface area contributed by atoms with Crippen LogP contribution in [0, 0.1) is 0 Å². The molecule has 0 aromatic heterocycles. The number of methoxy groups -OCH3 is 1. The van der Waals surface area contributed by atoms with E-state index < -0.39 is 0 Å². The van der Waals surface area contributed by atoms with E-state index in [0.29, 0.717) is 15.8 Å². The minimum absolute atomic E-state index is 0.500. The second kappa shape index (κ2) is 3.65. The predicted molar refractivity (Wildman–Crippen MR) is 50.7 cm³/mol. The van der Waals surface area contributed by atoms with Crippen molar-refractivity contribution in [2.75, 3.05) is 7.11 Å². The van der Waals surface area contributed by atoms with E-state index in [0.717, 1.165) is 4.47 Å². The Labute approximate surface area is 83.4 Å². The van der Waals surface area contributed by atoms with Gasteiger partial charge in [-0.25, -0.2) is 0 Å². The smallest absolute Gasteiger partial charge is 0.157 e. The molecule has 0 bridgehead atoms. The zero-order valence-electron chi connectivity index (χ0n) is 5.70. The van der Waals surface area contributed by atoms with Gasteiger partial charge in [-0.15, -0.1) is 0 Å². The number of halogens is 3. The summed E-state index contributed by atoms with van der Waals surface area (Å²) in [4.78, 5) is 0. The van der Waals surface area contributed by atoms with E-state index in [1.54, 1.807) is 12.1 Å². The Hall–Kier alpha value is 0.0800. The van der Waals surface area contributed by atoms with Gasteiger partial charge in [0, 0.05) is 4.47 Å². The lowest BCUT2D eigenvalue weighted by Gasteiger charge is -2.05. The molecule has 11 heavy (non-hydrogen) atoms. The van der Waals surface area contributed by atoms with E-state index in [9.17, 15) is 0 Å². The van der Waals surface area contributed by atoms with Crippen LogP contribution in [0.4, 0.5) is 0 Å². The van der Waals surface area contributed by atoms with Gasteiger partial charge in [-0.1, -0.05) is 23.2 Å². The first-order chi connectivity index (χ1) is 5.16. The minimum atomic E-state index is 0.500. The fraction of sp³-hybridized carbons (Fsp3) is 0.143. The van der Waals surface area contributed by atoms with Crippen LogP contribution in [0.2, 0.25) is 10.0 Å². The van der Waals surface area contributed by atoms with Gasteiger partial charge in [0.2, 0.25) is 0 Å². The molecule has 0 unspecified atom stereocenters. The molecule has 1 aromatic carbocycles. The van der Waals surface area contributed by atoms with E-state index >= 15 is 0 Å². The summed E-state index contributed by atoms with van der Waals surface area (Å²) in [6, 6.07) is 3.49. The Morgan fingerprint density at radius 2 is 2.00 bits per heavy atom. The Morgan fingerprint density at radius 3 is 2.45 bits per heavy atom. The normalized spacial score (nSPS) is 9.82. The van der Waals surface area contributed by atoms with Gasteiger partial charge in [-0.05, 0) is 28.1 Å². The summed E-state index contributed by atoms with van der Waals surface area (Å²) in [5.74, 6) is 0.503. The lowest BCUT2D eigenvalue weighted by atomic mass is 10.3. The van der Waals surface area contributed by atoms with Crippen LogP contribution in [0.15, 0.2) is 16.6 Å². The predicted octanol–water partition coefficient (Wildman–Crippen LogP) is 3.76. The van der Waals surface area contributed by atoms with Crippen LogP contribution < -0.4 is 4.74 Å². The van der Waals surface area contributed by atoms with E-state index in [2.05, 4.69) is 15.9 Å². The molecule has 0 saturated carbocycles. The van der Waals surface area contributed by atoms with Gasteiger partial charge in [-0.3, -0.25) is 0 Å². The molecule has 1 nitrogen and oxygen atoms in total. The highest BCUT2D eigenvalue weighted by molar-refractivity contribution is 9.10. The van der Waals surface area contributed by atoms with E-state index in [1.807, 2.05) is 0 Å². The molecule has 1 aromatic rings. The lowest BCUT2D eigenvalue weighted by molar-refractivity contribution is 0.415. The van der Waals surface area contributed by atoms with Crippen LogP contribution in [0.25, 0.3) is 0 Å². The Kier molecular flexibility index (Phi) is 3.05. The Morgan fingerprint density at radius 1 is 1.36 bits per heavy atom. The molecule has 0 N–H and O–H groups in total. The third-order valence-electron chi connectivity index (χ3n) is 1.21. The van der Waals surface area contributed by atoms with Crippen LogP contribution in [-0.4, -0.2) is 7.11 Å². The molecule has 0 saturated heterocycles. The summed E-state index contributed by atoms with van der Waals surface area (Å²) >= 11 is 14.9. The fourth-order valence-corrected chi connectivity index (χ4v) is 1.53. The number of ether oxygens (including phenoxy) is 1. The van der Waals surface area contributed by atoms with Crippen molar-refractivity contribution >= 4 is 39.1 Å². The van der Waals surface area contributed by atoms with Crippen molar-refractivity contribution in [3.63, 3.8) is 0 Å². The third kappa shape index (κ3) is 1.81. The molecule has 60 valence electrons. The minimum Gasteiger partial charge on any atom is -0.494 e. The molecular formula is C7H5BrCl2O. The second-order valence-corrected chi connectivity index (χ2v) is 3.52. The molecule has 4 heteroatoms. The maximum Gasteiger partial charge on any atom is 0.157 e. The first kappa shape index (κ1) is 9.17. The van der Waals surface area contributed by atoms with Gasteiger partial charge in [0.25, 0.3) is 0 Å². The summed E-state index contributed by atoms with van der Waals surface area (Å²) in [5.41, 5.74) is 0. The molecule has 0 radical (unpaired) electrons. The van der Waals surface area contributed by atoms with Gasteiger partial charge in [0.15, 0.2) is 5.75 Å². The van der Waals surface area contributed by atoms with Crippen molar-refractivity contribution in [3.05, 3.63) is 26.7 Å². The highest BCUT2D eigenvalue weighted by atomic mass is 79.9. The number of hydrogen-bond acceptors (Lipinski definition) is 1. The molecule has 0 aliphatic carbocycles. The molecule has 0 atom stereocenters. The van der Waals surface area contributed by atoms with E-state index in [1.165, 1.54) is 7.11 Å². The molecule has 0 heterocycles. The van der Waals surface area contributed by atoms with Gasteiger partial charge in [0.05, 0.1) is 17.2 Å². The lowest BCUT2D eigenvalue weighted by Crippen LogP contribution is -1.85. The van der Waals surface area contributed by atoms with Crippen LogP contribution in [0.5, 0.6) is 5.75 Å². The monoisotopic (exact) mass is 254 g/mol. The topological polar surface area (TPSA) is 9.23 Å². The van der Waals surface area contributed by atoms with E-state index in [4.69, 9.17) is 27.9 Å². The highest BCUT2D eigenvalue weighted by Crippen LogP contribution is 2.37. The van der Waals surface area contributed by atoms with Crippen molar-refractivity contribution in [1.82, 2.24) is 0 Å². The number of benzene rings is 1. The number of rotatable bonds is 1. The summed E-state index contributed by atoms with van der Waals surface area (Å²) in [6.45, 7) is 0. The van der Waals surface area contributed by atoms with Crippen molar-refractivity contribution in [1.29, 1.82) is 0 Å². The first-order valence-electron chi connectivity index (χ1n) is 2.84. The fourth-order valence-electron chi connectivity index (χ4n) is 0.696. The summed E-state index contributed by atoms with van der Waals surface area (Å²) in [7, 11) is 1.53. The average Bonchev–Trinajstić information content (AvgIpc) is 1.99.